The third-order valence-corrected chi connectivity index (χ3v) is 8.88. The summed E-state index contributed by atoms with van der Waals surface area (Å²) in [6, 6.07) is 5.69. The number of carbonyl (C=O) groups is 1. The van der Waals surface area contributed by atoms with E-state index in [-0.39, 0.29) is 25.9 Å². The number of rotatable bonds is 6. The first-order valence-electron chi connectivity index (χ1n) is 13.0. The van der Waals surface area contributed by atoms with E-state index in [1.807, 2.05) is 4.57 Å². The summed E-state index contributed by atoms with van der Waals surface area (Å²) >= 11 is 19.7. The van der Waals surface area contributed by atoms with Crippen molar-refractivity contribution < 1.29 is 26.7 Å². The highest BCUT2D eigenvalue weighted by molar-refractivity contribution is 6.36. The molecule has 6 nitrogen and oxygen atoms in total. The van der Waals surface area contributed by atoms with Crippen molar-refractivity contribution in [3.05, 3.63) is 56.3 Å². The van der Waals surface area contributed by atoms with Gasteiger partial charge in [-0.3, -0.25) is 10.1 Å². The standard InChI is InChI=1S/C27H27Cl3F5N5O/c1-39-22-9-21(40-6-2-3-15(12-40)27(33,34)35)18(29)8-19(22)38-23(39)7-16-17(28)5-4-14(24(16)30)11-36-25(41)20-10-26(31,32)13-37-20/h4-5,8-9,15,20,37H,2-3,6-7,10-13H2,1H3,(H,36,41)/t15?,20-/m1/s1. The summed E-state index contributed by atoms with van der Waals surface area (Å²) in [5.74, 6) is -4.31. The molecule has 2 atom stereocenters. The lowest BCUT2D eigenvalue weighted by molar-refractivity contribution is -0.176. The predicted molar refractivity (Wildman–Crippen MR) is 149 cm³/mol. The van der Waals surface area contributed by atoms with E-state index >= 15 is 0 Å². The van der Waals surface area contributed by atoms with Gasteiger partial charge >= 0.3 is 6.18 Å². The van der Waals surface area contributed by atoms with E-state index in [0.29, 0.717) is 61.7 Å². The van der Waals surface area contributed by atoms with Crippen LogP contribution >= 0.6 is 34.8 Å². The van der Waals surface area contributed by atoms with Crippen molar-refractivity contribution in [2.45, 2.75) is 50.4 Å². The van der Waals surface area contributed by atoms with Gasteiger partial charge in [0, 0.05) is 44.5 Å². The minimum atomic E-state index is -4.27. The van der Waals surface area contributed by atoms with E-state index in [2.05, 4.69) is 15.6 Å². The average molecular weight is 639 g/mol. The van der Waals surface area contributed by atoms with Crippen LogP contribution in [0.1, 0.15) is 36.2 Å². The van der Waals surface area contributed by atoms with Crippen LogP contribution in [-0.2, 0) is 24.8 Å². The monoisotopic (exact) mass is 637 g/mol. The molecule has 2 saturated heterocycles. The zero-order valence-corrected chi connectivity index (χ0v) is 24.2. The van der Waals surface area contributed by atoms with Crippen LogP contribution in [0.15, 0.2) is 24.3 Å². The summed E-state index contributed by atoms with van der Waals surface area (Å²) in [6.45, 7) is -0.223. The molecule has 1 aromatic heterocycles. The molecule has 5 rings (SSSR count). The lowest BCUT2D eigenvalue weighted by Gasteiger charge is -2.35. The number of nitrogens with zero attached hydrogens (tertiary/aromatic N) is 3. The van der Waals surface area contributed by atoms with Gasteiger partial charge in [0.2, 0.25) is 5.91 Å². The minimum Gasteiger partial charge on any atom is -0.370 e. The number of anilines is 1. The molecule has 2 aliphatic rings. The summed E-state index contributed by atoms with van der Waals surface area (Å²) in [4.78, 5) is 18.7. The number of fused-ring (bicyclic) bond motifs is 1. The topological polar surface area (TPSA) is 62.2 Å². The number of halogens is 8. The molecule has 14 heteroatoms. The molecule has 2 aromatic carbocycles. The zero-order chi connectivity index (χ0) is 29.7. The maximum atomic E-state index is 13.5. The Bertz CT molecular complexity index is 1480. The molecular weight excluding hydrogens is 612 g/mol. The number of imidazole rings is 1. The van der Waals surface area contributed by atoms with Gasteiger partial charge in [0.05, 0.1) is 45.3 Å². The average Bonchev–Trinajstić information content (AvgIpc) is 3.42. The number of alkyl halides is 5. The number of hydrogen-bond acceptors (Lipinski definition) is 4. The van der Waals surface area contributed by atoms with Gasteiger partial charge in [-0.2, -0.15) is 13.2 Å². The van der Waals surface area contributed by atoms with E-state index in [1.165, 1.54) is 0 Å². The summed E-state index contributed by atoms with van der Waals surface area (Å²) in [6.07, 6.45) is -4.13. The Kier molecular flexibility index (Phi) is 8.37. The fourth-order valence-electron chi connectivity index (χ4n) is 5.42. The SMILES string of the molecule is Cn1c(Cc2c(Cl)ccc(CNC(=O)[C@H]3CC(F)(F)CN3)c2Cl)nc2cc(Cl)c(N3CCCC(C(F)(F)F)C3)cc21. The second-order valence-corrected chi connectivity index (χ2v) is 11.8. The third kappa shape index (κ3) is 6.38. The number of carbonyl (C=O) groups excluding carboxylic acids is 1. The lowest BCUT2D eigenvalue weighted by atomic mass is 9.97. The largest absolute Gasteiger partial charge is 0.393 e. The molecule has 2 fully saturated rings. The molecule has 3 aromatic rings. The van der Waals surface area contributed by atoms with E-state index in [9.17, 15) is 26.7 Å². The molecule has 0 radical (unpaired) electrons. The maximum absolute atomic E-state index is 13.5. The van der Waals surface area contributed by atoms with E-state index in [0.717, 1.165) is 0 Å². The van der Waals surface area contributed by atoms with Crippen LogP contribution in [0.25, 0.3) is 11.0 Å². The second-order valence-electron chi connectivity index (χ2n) is 10.6. The predicted octanol–water partition coefficient (Wildman–Crippen LogP) is 6.52. The van der Waals surface area contributed by atoms with Gasteiger partial charge in [-0.25, -0.2) is 13.8 Å². The van der Waals surface area contributed by atoms with Crippen LogP contribution in [0.2, 0.25) is 15.1 Å². The molecule has 0 spiro atoms. The number of nitrogens with one attached hydrogen (secondary N) is 2. The van der Waals surface area contributed by atoms with E-state index in [1.54, 1.807) is 36.2 Å². The van der Waals surface area contributed by atoms with Crippen LogP contribution in [0.3, 0.4) is 0 Å². The Hall–Kier alpha value is -2.34. The Morgan fingerprint density at radius 2 is 1.95 bits per heavy atom. The number of aryl methyl sites for hydroxylation is 1. The van der Waals surface area contributed by atoms with Gasteiger partial charge in [0.1, 0.15) is 5.82 Å². The Labute approximate surface area is 248 Å². The first-order chi connectivity index (χ1) is 19.2. The van der Waals surface area contributed by atoms with E-state index in [4.69, 9.17) is 34.8 Å². The zero-order valence-electron chi connectivity index (χ0n) is 21.9. The van der Waals surface area contributed by atoms with Gasteiger partial charge in [-0.15, -0.1) is 0 Å². The number of benzene rings is 2. The van der Waals surface area contributed by atoms with Crippen molar-refractivity contribution in [1.29, 1.82) is 0 Å². The lowest BCUT2D eigenvalue weighted by Crippen LogP contribution is -2.41. The molecular formula is C27H27Cl3F5N5O. The maximum Gasteiger partial charge on any atom is 0.393 e. The van der Waals surface area contributed by atoms with Gasteiger partial charge < -0.3 is 14.8 Å². The summed E-state index contributed by atoms with van der Waals surface area (Å²) < 4.78 is 68.9. The van der Waals surface area contributed by atoms with Gasteiger partial charge in [-0.05, 0) is 42.2 Å². The highest BCUT2D eigenvalue weighted by Gasteiger charge is 2.43. The summed E-state index contributed by atoms with van der Waals surface area (Å²) in [5.41, 5.74) is 2.88. The van der Waals surface area contributed by atoms with Crippen molar-refractivity contribution in [3.8, 4) is 0 Å². The van der Waals surface area contributed by atoms with Crippen LogP contribution in [-0.4, -0.2) is 53.2 Å². The Balaban J connectivity index is 1.36. The molecule has 2 N–H and O–H groups in total. The van der Waals surface area contributed by atoms with Gasteiger partial charge in [0.15, 0.2) is 0 Å². The number of amides is 1. The fourth-order valence-corrected chi connectivity index (χ4v) is 6.27. The Morgan fingerprint density at radius 1 is 1.20 bits per heavy atom. The van der Waals surface area contributed by atoms with Gasteiger partial charge in [0.25, 0.3) is 5.92 Å². The van der Waals surface area contributed by atoms with Crippen molar-refractivity contribution in [2.75, 3.05) is 24.5 Å². The molecule has 41 heavy (non-hydrogen) atoms. The molecule has 1 unspecified atom stereocenters. The fraction of sp³-hybridized carbons (Fsp3) is 0.481. The summed E-state index contributed by atoms with van der Waals surface area (Å²) in [5, 5.41) is 6.16. The summed E-state index contributed by atoms with van der Waals surface area (Å²) in [7, 11) is 1.79. The van der Waals surface area contributed by atoms with Crippen LogP contribution in [0.4, 0.5) is 27.6 Å². The number of piperidine rings is 1. The second kappa shape index (κ2) is 11.4. The van der Waals surface area contributed by atoms with E-state index < -0.39 is 42.9 Å². The quantitative estimate of drug-likeness (QED) is 0.302. The smallest absolute Gasteiger partial charge is 0.370 e. The van der Waals surface area contributed by atoms with Crippen LogP contribution in [0, 0.1) is 5.92 Å². The number of hydrogen-bond donors (Lipinski definition) is 2. The molecule has 0 saturated carbocycles. The molecule has 1 amide bonds. The van der Waals surface area contributed by atoms with Crippen molar-refractivity contribution in [3.63, 3.8) is 0 Å². The molecule has 0 bridgehead atoms. The highest BCUT2D eigenvalue weighted by atomic mass is 35.5. The normalized spacial score (nSPS) is 21.0. The van der Waals surface area contributed by atoms with Crippen molar-refractivity contribution >= 4 is 57.4 Å². The third-order valence-electron chi connectivity index (χ3n) is 7.75. The molecule has 222 valence electrons. The molecule has 2 aliphatic heterocycles. The highest BCUT2D eigenvalue weighted by Crippen LogP contribution is 2.39. The van der Waals surface area contributed by atoms with Crippen LogP contribution in [0.5, 0.6) is 0 Å². The molecule has 3 heterocycles. The first kappa shape index (κ1) is 30.1. The van der Waals surface area contributed by atoms with Crippen molar-refractivity contribution in [2.24, 2.45) is 13.0 Å². The van der Waals surface area contributed by atoms with Crippen LogP contribution < -0.4 is 15.5 Å². The minimum absolute atomic E-state index is 0.0157. The van der Waals surface area contributed by atoms with Gasteiger partial charge in [-0.1, -0.05) is 40.9 Å². The first-order valence-corrected chi connectivity index (χ1v) is 14.2. The van der Waals surface area contributed by atoms with Crippen molar-refractivity contribution in [1.82, 2.24) is 20.2 Å². The Morgan fingerprint density at radius 3 is 2.63 bits per heavy atom. The molecule has 0 aliphatic carbocycles. The number of aromatic nitrogens is 2.